The smallest absolute Gasteiger partial charge is 0.374 e. The lowest BCUT2D eigenvalue weighted by atomic mass is 10.3. The Kier molecular flexibility index (Phi) is 19.6. The minimum absolute atomic E-state index is 0.437. The summed E-state index contributed by atoms with van der Waals surface area (Å²) in [4.78, 5) is 5.19. The molecule has 0 bridgehead atoms. The van der Waals surface area contributed by atoms with Gasteiger partial charge in [0.1, 0.15) is 0 Å². The minimum Gasteiger partial charge on any atom is -0.374 e. The Morgan fingerprint density at radius 1 is 0.625 bits per heavy atom. The SMILES string of the molecule is CCO[Si](CCCN(CCC[Si](OCC)(OCC)OCC)CCN=[N+]=[N-])(OCC)OCC. The molecule has 0 atom stereocenters. The van der Waals surface area contributed by atoms with Crippen LogP contribution in [-0.2, 0) is 26.6 Å². The Balaban J connectivity index is 4.99. The molecule has 32 heavy (non-hydrogen) atoms. The largest absolute Gasteiger partial charge is 0.500 e. The molecule has 0 aromatic rings. The molecule has 0 aliphatic heterocycles. The average Bonchev–Trinajstić information content (AvgIpc) is 2.75. The monoisotopic (exact) mass is 494 g/mol. The van der Waals surface area contributed by atoms with Gasteiger partial charge in [-0.3, -0.25) is 0 Å². The fraction of sp³-hybridized carbons (Fsp3) is 1.00. The van der Waals surface area contributed by atoms with Crippen LogP contribution in [0.4, 0.5) is 0 Å². The van der Waals surface area contributed by atoms with E-state index >= 15 is 0 Å². The first-order chi connectivity index (χ1) is 15.5. The third kappa shape index (κ3) is 13.2. The molecule has 0 saturated heterocycles. The van der Waals surface area contributed by atoms with Crippen molar-refractivity contribution in [1.29, 1.82) is 0 Å². The Bertz CT molecular complexity index is 435. The third-order valence-electron chi connectivity index (χ3n) is 4.68. The van der Waals surface area contributed by atoms with Crippen molar-refractivity contribution in [2.75, 3.05) is 65.8 Å². The Labute approximate surface area is 197 Å². The van der Waals surface area contributed by atoms with Crippen LogP contribution in [0.1, 0.15) is 54.4 Å². The first-order valence-corrected chi connectivity index (χ1v) is 15.9. The average molecular weight is 495 g/mol. The van der Waals surface area contributed by atoms with E-state index in [9.17, 15) is 0 Å². The summed E-state index contributed by atoms with van der Waals surface area (Å²) in [5.74, 6) is 0. The highest BCUT2D eigenvalue weighted by atomic mass is 28.4. The molecule has 10 nitrogen and oxygen atoms in total. The lowest BCUT2D eigenvalue weighted by molar-refractivity contribution is 0.0693. The van der Waals surface area contributed by atoms with Crippen molar-refractivity contribution in [3.05, 3.63) is 10.4 Å². The maximum Gasteiger partial charge on any atom is 0.500 e. The molecule has 190 valence electrons. The maximum absolute atomic E-state index is 8.65. The lowest BCUT2D eigenvalue weighted by Crippen LogP contribution is -2.47. The van der Waals surface area contributed by atoms with E-state index in [0.29, 0.717) is 52.7 Å². The van der Waals surface area contributed by atoms with E-state index in [1.165, 1.54) is 0 Å². The van der Waals surface area contributed by atoms with Gasteiger partial charge in [0.2, 0.25) is 0 Å². The Morgan fingerprint density at radius 2 is 0.969 bits per heavy atom. The molecule has 0 rings (SSSR count). The van der Waals surface area contributed by atoms with Gasteiger partial charge in [0.25, 0.3) is 0 Å². The van der Waals surface area contributed by atoms with E-state index in [-0.39, 0.29) is 0 Å². The summed E-state index contributed by atoms with van der Waals surface area (Å²) in [5, 5.41) is 3.71. The molecule has 0 fully saturated rings. The van der Waals surface area contributed by atoms with Crippen molar-refractivity contribution in [2.45, 2.75) is 66.5 Å². The van der Waals surface area contributed by atoms with Gasteiger partial charge in [0, 0.05) is 69.7 Å². The zero-order valence-corrected chi connectivity index (χ0v) is 23.1. The van der Waals surface area contributed by atoms with Crippen molar-refractivity contribution in [3.63, 3.8) is 0 Å². The molecule has 0 aromatic carbocycles. The van der Waals surface area contributed by atoms with E-state index in [0.717, 1.165) is 38.0 Å². The molecule has 0 saturated carbocycles. The van der Waals surface area contributed by atoms with Gasteiger partial charge in [0.05, 0.1) is 0 Å². The van der Waals surface area contributed by atoms with Gasteiger partial charge < -0.3 is 31.5 Å². The second-order valence-electron chi connectivity index (χ2n) is 6.97. The fourth-order valence-electron chi connectivity index (χ4n) is 3.61. The predicted octanol–water partition coefficient (Wildman–Crippen LogP) is 4.48. The summed E-state index contributed by atoms with van der Waals surface area (Å²) in [6.45, 7) is 18.1. The molecular formula is C20H46N4O6Si2. The number of rotatable bonds is 23. The van der Waals surface area contributed by atoms with E-state index in [1.807, 2.05) is 41.5 Å². The molecule has 0 radical (unpaired) electrons. The molecule has 0 N–H and O–H groups in total. The van der Waals surface area contributed by atoms with E-state index in [1.54, 1.807) is 0 Å². The van der Waals surface area contributed by atoms with Crippen LogP contribution in [0.15, 0.2) is 5.11 Å². The molecule has 0 amide bonds. The van der Waals surface area contributed by atoms with Crippen LogP contribution in [0.5, 0.6) is 0 Å². The van der Waals surface area contributed by atoms with Crippen LogP contribution < -0.4 is 0 Å². The molecule has 0 spiro atoms. The van der Waals surface area contributed by atoms with Gasteiger partial charge in [-0.05, 0) is 73.0 Å². The summed E-state index contributed by atoms with van der Waals surface area (Å²) in [5.41, 5.74) is 8.65. The normalized spacial score (nSPS) is 12.3. The highest BCUT2D eigenvalue weighted by Gasteiger charge is 2.41. The molecule has 0 aromatic heterocycles. The first kappa shape index (κ1) is 31.5. The van der Waals surface area contributed by atoms with Gasteiger partial charge in [-0.25, -0.2) is 0 Å². The topological polar surface area (TPSA) is 107 Å². The van der Waals surface area contributed by atoms with Crippen LogP contribution in [0, 0.1) is 0 Å². The second kappa shape index (κ2) is 19.9. The van der Waals surface area contributed by atoms with Gasteiger partial charge in [0.15, 0.2) is 0 Å². The predicted molar refractivity (Wildman–Crippen MR) is 131 cm³/mol. The molecular weight excluding hydrogens is 448 g/mol. The van der Waals surface area contributed by atoms with Crippen molar-refractivity contribution < 1.29 is 26.6 Å². The van der Waals surface area contributed by atoms with Crippen molar-refractivity contribution in [1.82, 2.24) is 4.90 Å². The van der Waals surface area contributed by atoms with Gasteiger partial charge in [-0.15, -0.1) is 0 Å². The summed E-state index contributed by atoms with van der Waals surface area (Å²) in [6.07, 6.45) is 1.76. The summed E-state index contributed by atoms with van der Waals surface area (Å²) >= 11 is 0. The zero-order valence-electron chi connectivity index (χ0n) is 21.1. The highest BCUT2D eigenvalue weighted by molar-refractivity contribution is 6.61. The van der Waals surface area contributed by atoms with Crippen molar-refractivity contribution >= 4 is 17.6 Å². The van der Waals surface area contributed by atoms with E-state index in [4.69, 9.17) is 32.1 Å². The molecule has 0 aliphatic rings. The maximum atomic E-state index is 8.65. The number of hydrogen-bond donors (Lipinski definition) is 0. The third-order valence-corrected chi connectivity index (χ3v) is 11.0. The fourth-order valence-corrected chi connectivity index (χ4v) is 8.79. The quantitative estimate of drug-likeness (QED) is 0.0892. The molecule has 0 heterocycles. The molecule has 12 heteroatoms. The number of hydrogen-bond acceptors (Lipinski definition) is 8. The van der Waals surface area contributed by atoms with Gasteiger partial charge in [-0.2, -0.15) is 0 Å². The zero-order chi connectivity index (χ0) is 24.1. The van der Waals surface area contributed by atoms with Crippen LogP contribution in [0.3, 0.4) is 0 Å². The lowest BCUT2D eigenvalue weighted by Gasteiger charge is -2.31. The standard InChI is InChI=1S/C20H46N4O6Si2/c1-7-25-31(26-8-2,27-9-3)19-13-16-24(18-15-22-23-21)17-14-20-32(28-10-4,29-11-5)30-12-6/h7-20H2,1-6H3. The van der Waals surface area contributed by atoms with E-state index in [2.05, 4.69) is 14.9 Å². The highest BCUT2D eigenvalue weighted by Crippen LogP contribution is 2.20. The van der Waals surface area contributed by atoms with Crippen LogP contribution in [-0.4, -0.2) is 88.3 Å². The number of nitrogens with zero attached hydrogens (tertiary/aromatic N) is 4. The first-order valence-electron chi connectivity index (χ1n) is 12.1. The van der Waals surface area contributed by atoms with Crippen molar-refractivity contribution in [3.8, 4) is 0 Å². The van der Waals surface area contributed by atoms with E-state index < -0.39 is 17.6 Å². The summed E-state index contributed by atoms with van der Waals surface area (Å²) in [7, 11) is -5.31. The minimum atomic E-state index is -2.66. The molecule has 0 unspecified atom stereocenters. The Hall–Kier alpha value is -0.536. The molecule has 0 aliphatic carbocycles. The van der Waals surface area contributed by atoms with Crippen LogP contribution in [0.2, 0.25) is 12.1 Å². The van der Waals surface area contributed by atoms with Gasteiger partial charge in [-0.1, -0.05) is 5.11 Å². The van der Waals surface area contributed by atoms with Crippen LogP contribution in [0.25, 0.3) is 10.4 Å². The number of azide groups is 1. The summed E-state index contributed by atoms with van der Waals surface area (Å²) in [6, 6.07) is 1.52. The van der Waals surface area contributed by atoms with Crippen LogP contribution >= 0.6 is 0 Å². The van der Waals surface area contributed by atoms with Crippen molar-refractivity contribution in [2.24, 2.45) is 5.11 Å². The van der Waals surface area contributed by atoms with Gasteiger partial charge >= 0.3 is 17.6 Å². The second-order valence-corrected chi connectivity index (χ2v) is 12.4. The Morgan fingerprint density at radius 3 is 1.25 bits per heavy atom. The summed E-state index contributed by atoms with van der Waals surface area (Å²) < 4.78 is 35.8.